The highest BCUT2D eigenvalue weighted by Crippen LogP contribution is 2.47. The molecule has 0 spiro atoms. The van der Waals surface area contributed by atoms with E-state index in [0.717, 1.165) is 12.1 Å². The Bertz CT molecular complexity index is 945. The van der Waals surface area contributed by atoms with E-state index >= 15 is 0 Å². The van der Waals surface area contributed by atoms with Gasteiger partial charge in [0.2, 0.25) is 5.88 Å². The second-order valence-corrected chi connectivity index (χ2v) is 5.96. The Labute approximate surface area is 153 Å². The number of fused-ring (bicyclic) bond motifs is 1. The maximum atomic E-state index is 13.2. The van der Waals surface area contributed by atoms with Gasteiger partial charge in [-0.15, -0.1) is 0 Å². The predicted molar refractivity (Wildman–Crippen MR) is 95.0 cm³/mol. The standard InChI is InChI=1S/C19H15F3N4O/c1-27-17-8-6-13(11-24-17)26-16-10-12(19(20,21)22)5-7-14(16)25-18(26)15-4-2-3-9-23-15/h2-11,18,25H,1H3. The molecule has 27 heavy (non-hydrogen) atoms. The highest BCUT2D eigenvalue weighted by molar-refractivity contribution is 5.83. The average molecular weight is 372 g/mol. The first-order valence-corrected chi connectivity index (χ1v) is 8.15. The summed E-state index contributed by atoms with van der Waals surface area (Å²) in [5.41, 5.74) is 1.59. The van der Waals surface area contributed by atoms with Crippen molar-refractivity contribution in [2.24, 2.45) is 0 Å². The maximum absolute atomic E-state index is 13.2. The molecule has 5 nitrogen and oxygen atoms in total. The molecule has 1 unspecified atom stereocenters. The van der Waals surface area contributed by atoms with Crippen molar-refractivity contribution >= 4 is 17.1 Å². The van der Waals surface area contributed by atoms with Crippen molar-refractivity contribution in [2.45, 2.75) is 12.3 Å². The van der Waals surface area contributed by atoms with Crippen LogP contribution in [0.3, 0.4) is 0 Å². The van der Waals surface area contributed by atoms with E-state index in [2.05, 4.69) is 15.3 Å². The summed E-state index contributed by atoms with van der Waals surface area (Å²) in [4.78, 5) is 10.3. The monoisotopic (exact) mass is 372 g/mol. The number of aromatic nitrogens is 2. The number of benzene rings is 1. The molecule has 0 aliphatic carbocycles. The third-order valence-corrected chi connectivity index (χ3v) is 4.31. The molecule has 0 amide bonds. The van der Waals surface area contributed by atoms with Crippen LogP contribution in [0.25, 0.3) is 0 Å². The number of nitrogens with zero attached hydrogens (tertiary/aromatic N) is 3. The van der Waals surface area contributed by atoms with E-state index < -0.39 is 17.9 Å². The summed E-state index contributed by atoms with van der Waals surface area (Å²) in [7, 11) is 1.50. The van der Waals surface area contributed by atoms with Crippen LogP contribution in [-0.4, -0.2) is 17.1 Å². The predicted octanol–water partition coefficient (Wildman–Crippen LogP) is 4.77. The third kappa shape index (κ3) is 3.14. The molecule has 8 heteroatoms. The van der Waals surface area contributed by atoms with Crippen LogP contribution in [-0.2, 0) is 6.18 Å². The lowest BCUT2D eigenvalue weighted by atomic mass is 10.1. The van der Waals surface area contributed by atoms with E-state index in [9.17, 15) is 13.2 Å². The van der Waals surface area contributed by atoms with E-state index in [4.69, 9.17) is 4.74 Å². The van der Waals surface area contributed by atoms with Crippen LogP contribution in [0.1, 0.15) is 17.4 Å². The zero-order valence-electron chi connectivity index (χ0n) is 14.2. The minimum Gasteiger partial charge on any atom is -0.481 e. The van der Waals surface area contributed by atoms with Crippen molar-refractivity contribution in [1.29, 1.82) is 0 Å². The average Bonchev–Trinajstić information content (AvgIpc) is 3.07. The first-order valence-electron chi connectivity index (χ1n) is 8.15. The number of nitrogens with one attached hydrogen (secondary N) is 1. The van der Waals surface area contributed by atoms with Gasteiger partial charge >= 0.3 is 6.18 Å². The van der Waals surface area contributed by atoms with Gasteiger partial charge in [0, 0.05) is 12.3 Å². The number of halogens is 3. The van der Waals surface area contributed by atoms with E-state index in [-0.39, 0.29) is 0 Å². The Morgan fingerprint density at radius 2 is 1.93 bits per heavy atom. The van der Waals surface area contributed by atoms with E-state index in [1.807, 2.05) is 12.1 Å². The second kappa shape index (κ2) is 6.46. The molecule has 0 fully saturated rings. The van der Waals surface area contributed by atoms with E-state index in [1.54, 1.807) is 35.5 Å². The lowest BCUT2D eigenvalue weighted by Gasteiger charge is -2.26. The van der Waals surface area contributed by atoms with Gasteiger partial charge in [-0.25, -0.2) is 4.98 Å². The fraction of sp³-hybridized carbons (Fsp3) is 0.158. The molecular formula is C19H15F3N4O. The number of methoxy groups -OCH3 is 1. The largest absolute Gasteiger partial charge is 0.481 e. The first kappa shape index (κ1) is 17.1. The number of pyridine rings is 2. The van der Waals surface area contributed by atoms with Crippen molar-refractivity contribution in [3.8, 4) is 5.88 Å². The Morgan fingerprint density at radius 3 is 2.56 bits per heavy atom. The third-order valence-electron chi connectivity index (χ3n) is 4.31. The molecule has 1 atom stereocenters. The Balaban J connectivity index is 1.84. The topological polar surface area (TPSA) is 50.3 Å². The van der Waals surface area contributed by atoms with Gasteiger partial charge in [-0.1, -0.05) is 6.07 Å². The number of alkyl halides is 3. The summed E-state index contributed by atoms with van der Waals surface area (Å²) in [5.74, 6) is 0.421. The molecule has 1 aliphatic heterocycles. The van der Waals surface area contributed by atoms with Gasteiger partial charge < -0.3 is 15.0 Å². The smallest absolute Gasteiger partial charge is 0.416 e. The Hall–Kier alpha value is -3.29. The van der Waals surface area contributed by atoms with Crippen LogP contribution in [0.4, 0.5) is 30.2 Å². The molecule has 3 aromatic rings. The molecule has 1 aliphatic rings. The lowest BCUT2D eigenvalue weighted by Crippen LogP contribution is -2.24. The molecule has 1 N–H and O–H groups in total. The van der Waals surface area contributed by atoms with E-state index in [0.29, 0.717) is 28.6 Å². The number of anilines is 3. The molecule has 4 rings (SSSR count). The summed E-state index contributed by atoms with van der Waals surface area (Å²) < 4.78 is 44.7. The van der Waals surface area contributed by atoms with Gasteiger partial charge in [-0.3, -0.25) is 4.98 Å². The highest BCUT2D eigenvalue weighted by atomic mass is 19.4. The molecule has 138 valence electrons. The minimum absolute atomic E-state index is 0.410. The first-order chi connectivity index (χ1) is 13.0. The lowest BCUT2D eigenvalue weighted by molar-refractivity contribution is -0.137. The van der Waals surface area contributed by atoms with Gasteiger partial charge in [-0.05, 0) is 36.4 Å². The quantitative estimate of drug-likeness (QED) is 0.718. The molecule has 0 saturated carbocycles. The van der Waals surface area contributed by atoms with Crippen LogP contribution >= 0.6 is 0 Å². The fourth-order valence-electron chi connectivity index (χ4n) is 3.05. The SMILES string of the molecule is COc1ccc(N2c3cc(C(F)(F)F)ccc3NC2c2ccccn2)cn1. The number of hydrogen-bond donors (Lipinski definition) is 1. The molecule has 1 aromatic carbocycles. The van der Waals surface area contributed by atoms with Crippen molar-refractivity contribution in [3.63, 3.8) is 0 Å². The van der Waals surface area contributed by atoms with Gasteiger partial charge in [-0.2, -0.15) is 13.2 Å². The maximum Gasteiger partial charge on any atom is 0.416 e. The summed E-state index contributed by atoms with van der Waals surface area (Å²) in [6.45, 7) is 0. The minimum atomic E-state index is -4.43. The number of ether oxygens (including phenoxy) is 1. The summed E-state index contributed by atoms with van der Waals surface area (Å²) in [5, 5.41) is 3.24. The van der Waals surface area contributed by atoms with Crippen molar-refractivity contribution in [2.75, 3.05) is 17.3 Å². The summed E-state index contributed by atoms with van der Waals surface area (Å²) in [6.07, 6.45) is -1.68. The molecule has 0 saturated heterocycles. The number of hydrogen-bond acceptors (Lipinski definition) is 5. The number of rotatable bonds is 3. The van der Waals surface area contributed by atoms with Gasteiger partial charge in [0.15, 0.2) is 0 Å². The highest BCUT2D eigenvalue weighted by Gasteiger charge is 2.36. The summed E-state index contributed by atoms with van der Waals surface area (Å²) >= 11 is 0. The Kier molecular flexibility index (Phi) is 4.10. The molecular weight excluding hydrogens is 357 g/mol. The van der Waals surface area contributed by atoms with E-state index in [1.165, 1.54) is 13.2 Å². The van der Waals surface area contributed by atoms with Crippen LogP contribution in [0.5, 0.6) is 5.88 Å². The Morgan fingerprint density at radius 1 is 1.07 bits per heavy atom. The van der Waals surface area contributed by atoms with Crippen molar-refractivity contribution < 1.29 is 17.9 Å². The second-order valence-electron chi connectivity index (χ2n) is 5.96. The molecule has 0 radical (unpaired) electrons. The van der Waals surface area contributed by atoms with Gasteiger partial charge in [0.25, 0.3) is 0 Å². The van der Waals surface area contributed by atoms with Crippen LogP contribution in [0.2, 0.25) is 0 Å². The van der Waals surface area contributed by atoms with Crippen molar-refractivity contribution in [3.05, 3.63) is 72.2 Å². The fourth-order valence-corrected chi connectivity index (χ4v) is 3.05. The molecule has 0 bridgehead atoms. The van der Waals surface area contributed by atoms with Crippen LogP contribution in [0, 0.1) is 0 Å². The zero-order chi connectivity index (χ0) is 19.0. The normalized spacial score (nSPS) is 16.0. The molecule has 3 heterocycles. The molecule has 2 aromatic heterocycles. The van der Waals surface area contributed by atoms with Gasteiger partial charge in [0.1, 0.15) is 6.17 Å². The zero-order valence-corrected chi connectivity index (χ0v) is 14.2. The van der Waals surface area contributed by atoms with Crippen LogP contribution in [0.15, 0.2) is 60.9 Å². The van der Waals surface area contributed by atoms with Gasteiger partial charge in [0.05, 0.1) is 41.6 Å². The summed E-state index contributed by atoms with van der Waals surface area (Å²) in [6, 6.07) is 12.5. The van der Waals surface area contributed by atoms with Crippen LogP contribution < -0.4 is 15.0 Å². The van der Waals surface area contributed by atoms with Crippen molar-refractivity contribution in [1.82, 2.24) is 9.97 Å².